The maximum Gasteiger partial charge on any atom is 0.258 e. The molecule has 12 heteroatoms. The SMILES string of the molecule is Cc1nc2c(Nc3ccc([C@@H]4CCCCO4)cc3S(C)(=O)=O)cc(CC(=O)C3CC3(F)F)nc2n1C1CCCCO1. The molecule has 2 aliphatic heterocycles. The standard InChI is InChI=1S/C29H34F2N4O5S/c1-17-32-27-22(34-21-10-9-18(13-25(21)41(2,37)38)24-7-3-5-11-39-24)14-19(15-23(36)20-16-29(20,30)31)33-28(27)35(17)26-8-4-6-12-40-26/h9-10,13-14,20,24,26H,3-8,11-12,15-16H2,1-2H3,(H,33,34)/t20?,24-,26?/m0/s1. The number of sulfone groups is 1. The van der Waals surface area contributed by atoms with E-state index < -0.39 is 33.9 Å². The number of halogens is 2. The first-order valence-electron chi connectivity index (χ1n) is 14.1. The fraction of sp³-hybridized carbons (Fsp3) is 0.552. The van der Waals surface area contributed by atoms with Crippen LogP contribution in [0.1, 0.15) is 74.4 Å². The van der Waals surface area contributed by atoms with Gasteiger partial charge >= 0.3 is 0 Å². The van der Waals surface area contributed by atoms with Crippen LogP contribution >= 0.6 is 0 Å². The number of hydrogen-bond donors (Lipinski definition) is 1. The van der Waals surface area contributed by atoms with Crippen molar-refractivity contribution in [2.75, 3.05) is 24.8 Å². The van der Waals surface area contributed by atoms with Gasteiger partial charge in [-0.25, -0.2) is 27.2 Å². The fourth-order valence-electron chi connectivity index (χ4n) is 5.84. The normalized spacial score (nSPS) is 24.3. The molecule has 41 heavy (non-hydrogen) atoms. The van der Waals surface area contributed by atoms with E-state index in [1.807, 2.05) is 17.6 Å². The Labute approximate surface area is 237 Å². The monoisotopic (exact) mass is 588 g/mol. The maximum absolute atomic E-state index is 13.7. The topological polar surface area (TPSA) is 112 Å². The predicted molar refractivity (Wildman–Crippen MR) is 148 cm³/mol. The van der Waals surface area contributed by atoms with Gasteiger partial charge in [0.2, 0.25) is 0 Å². The van der Waals surface area contributed by atoms with Gasteiger partial charge in [-0.05, 0) is 69.2 Å². The van der Waals surface area contributed by atoms with E-state index in [2.05, 4.69) is 5.32 Å². The number of aryl methyl sites for hydroxylation is 1. The van der Waals surface area contributed by atoms with Crippen LogP contribution in [0.4, 0.5) is 20.2 Å². The van der Waals surface area contributed by atoms with Gasteiger partial charge in [-0.15, -0.1) is 0 Å². The molecule has 1 aliphatic carbocycles. The maximum atomic E-state index is 13.7. The number of Topliss-reactive ketones (excluding diaryl/α,β-unsaturated/α-hetero) is 1. The smallest absolute Gasteiger partial charge is 0.258 e. The van der Waals surface area contributed by atoms with Crippen LogP contribution in [0.5, 0.6) is 0 Å². The third-order valence-electron chi connectivity index (χ3n) is 8.12. The van der Waals surface area contributed by atoms with Crippen molar-refractivity contribution in [2.45, 2.75) is 81.4 Å². The second-order valence-corrected chi connectivity index (χ2v) is 13.3. The van der Waals surface area contributed by atoms with Crippen LogP contribution in [0.15, 0.2) is 29.2 Å². The van der Waals surface area contributed by atoms with Crippen molar-refractivity contribution in [3.05, 3.63) is 41.3 Å². The van der Waals surface area contributed by atoms with E-state index in [4.69, 9.17) is 19.4 Å². The Hall–Kier alpha value is -2.96. The number of benzene rings is 1. The van der Waals surface area contributed by atoms with Gasteiger partial charge in [-0.2, -0.15) is 0 Å². The third-order valence-corrected chi connectivity index (χ3v) is 9.25. The zero-order valence-electron chi connectivity index (χ0n) is 23.2. The summed E-state index contributed by atoms with van der Waals surface area (Å²) in [5, 5.41) is 3.23. The lowest BCUT2D eigenvalue weighted by molar-refractivity contribution is -0.121. The molecule has 2 unspecified atom stereocenters. The number of nitrogens with one attached hydrogen (secondary N) is 1. The molecule has 6 rings (SSSR count). The van der Waals surface area contributed by atoms with Crippen molar-refractivity contribution in [1.82, 2.24) is 14.5 Å². The molecular weight excluding hydrogens is 554 g/mol. The van der Waals surface area contributed by atoms with Gasteiger partial charge in [0.15, 0.2) is 15.5 Å². The third kappa shape index (κ3) is 5.74. The molecule has 1 aromatic carbocycles. The van der Waals surface area contributed by atoms with Crippen LogP contribution in [0.3, 0.4) is 0 Å². The Morgan fingerprint density at radius 1 is 1.07 bits per heavy atom. The van der Waals surface area contributed by atoms with Crippen molar-refractivity contribution >= 4 is 38.2 Å². The van der Waals surface area contributed by atoms with Crippen LogP contribution in [0.25, 0.3) is 11.2 Å². The number of imidazole rings is 1. The number of nitrogens with zero attached hydrogens (tertiary/aromatic N) is 3. The number of fused-ring (bicyclic) bond motifs is 1. The second kappa shape index (κ2) is 10.7. The first kappa shape index (κ1) is 28.2. The van der Waals surface area contributed by atoms with Crippen molar-refractivity contribution in [1.29, 1.82) is 0 Å². The Kier molecular flexibility index (Phi) is 7.36. The minimum Gasteiger partial charge on any atom is -0.374 e. The molecule has 9 nitrogen and oxygen atoms in total. The Bertz CT molecular complexity index is 1590. The number of ketones is 1. The molecule has 1 N–H and O–H groups in total. The number of aromatic nitrogens is 3. The van der Waals surface area contributed by atoms with E-state index in [1.54, 1.807) is 18.2 Å². The number of carbonyl (C=O) groups is 1. The molecule has 2 aromatic heterocycles. The summed E-state index contributed by atoms with van der Waals surface area (Å²) in [7, 11) is -3.65. The zero-order chi connectivity index (χ0) is 28.9. The number of pyridine rings is 1. The minimum absolute atomic E-state index is 0.108. The number of alkyl halides is 2. The van der Waals surface area contributed by atoms with Gasteiger partial charge in [0.05, 0.1) is 34.0 Å². The molecule has 2 saturated heterocycles. The molecule has 0 spiro atoms. The first-order chi connectivity index (χ1) is 19.5. The van der Waals surface area contributed by atoms with Crippen molar-refractivity contribution in [3.63, 3.8) is 0 Å². The number of ether oxygens (including phenoxy) is 2. The van der Waals surface area contributed by atoms with Gasteiger partial charge < -0.3 is 14.8 Å². The predicted octanol–water partition coefficient (Wildman–Crippen LogP) is 5.59. The summed E-state index contributed by atoms with van der Waals surface area (Å²) in [4.78, 5) is 22.2. The molecule has 0 amide bonds. The van der Waals surface area contributed by atoms with Crippen LogP contribution in [-0.2, 0) is 30.5 Å². The van der Waals surface area contributed by atoms with Crippen molar-refractivity contribution in [3.8, 4) is 0 Å². The zero-order valence-corrected chi connectivity index (χ0v) is 24.0. The van der Waals surface area contributed by atoms with Crippen LogP contribution in [-0.4, -0.2) is 54.1 Å². The first-order valence-corrected chi connectivity index (χ1v) is 16.0. The van der Waals surface area contributed by atoms with Gasteiger partial charge in [0.1, 0.15) is 23.4 Å². The Morgan fingerprint density at radius 3 is 2.44 bits per heavy atom. The van der Waals surface area contributed by atoms with E-state index in [0.29, 0.717) is 47.3 Å². The number of carbonyl (C=O) groups excluding carboxylic acids is 1. The van der Waals surface area contributed by atoms with Crippen LogP contribution in [0, 0.1) is 12.8 Å². The molecule has 1 saturated carbocycles. The molecule has 3 aliphatic rings. The molecule has 220 valence electrons. The summed E-state index contributed by atoms with van der Waals surface area (Å²) in [6.45, 7) is 3.06. The lowest BCUT2D eigenvalue weighted by Gasteiger charge is -2.25. The molecule has 0 bridgehead atoms. The molecule has 0 radical (unpaired) electrons. The van der Waals surface area contributed by atoms with Gasteiger partial charge in [-0.1, -0.05) is 6.07 Å². The lowest BCUT2D eigenvalue weighted by Crippen LogP contribution is -2.20. The second-order valence-electron chi connectivity index (χ2n) is 11.4. The molecule has 3 fully saturated rings. The van der Waals surface area contributed by atoms with E-state index in [1.165, 1.54) is 0 Å². The van der Waals surface area contributed by atoms with Crippen molar-refractivity contribution in [2.24, 2.45) is 5.92 Å². The highest BCUT2D eigenvalue weighted by atomic mass is 32.2. The van der Waals surface area contributed by atoms with Crippen LogP contribution < -0.4 is 5.32 Å². The molecule has 3 aromatic rings. The number of hydrogen-bond acceptors (Lipinski definition) is 8. The van der Waals surface area contributed by atoms with Crippen molar-refractivity contribution < 1.29 is 31.5 Å². The summed E-state index contributed by atoms with van der Waals surface area (Å²) in [6.07, 6.45) is 5.47. The van der Waals surface area contributed by atoms with E-state index in [-0.39, 0.29) is 23.6 Å². The molecule has 3 atom stereocenters. The average molecular weight is 589 g/mol. The Morgan fingerprint density at radius 2 is 1.80 bits per heavy atom. The average Bonchev–Trinajstić information content (AvgIpc) is 3.46. The largest absolute Gasteiger partial charge is 0.374 e. The van der Waals surface area contributed by atoms with Crippen LogP contribution in [0.2, 0.25) is 0 Å². The number of rotatable bonds is 8. The summed E-state index contributed by atoms with van der Waals surface area (Å²) in [5.74, 6) is -4.19. The Balaban J connectivity index is 1.42. The fourth-order valence-corrected chi connectivity index (χ4v) is 6.71. The molecular formula is C29H34F2N4O5S. The quantitative estimate of drug-likeness (QED) is 0.362. The highest BCUT2D eigenvalue weighted by Gasteiger charge is 2.60. The summed E-state index contributed by atoms with van der Waals surface area (Å²) >= 11 is 0. The lowest BCUT2D eigenvalue weighted by atomic mass is 10.0. The van der Waals surface area contributed by atoms with E-state index in [0.717, 1.165) is 50.3 Å². The molecule has 4 heterocycles. The minimum atomic E-state index is -3.65. The van der Waals surface area contributed by atoms with E-state index in [9.17, 15) is 22.0 Å². The highest BCUT2D eigenvalue weighted by Crippen LogP contribution is 2.49. The van der Waals surface area contributed by atoms with E-state index >= 15 is 0 Å². The summed E-state index contributed by atoms with van der Waals surface area (Å²) < 4.78 is 66.9. The highest BCUT2D eigenvalue weighted by molar-refractivity contribution is 7.90. The van der Waals surface area contributed by atoms with Gasteiger partial charge in [0, 0.05) is 32.3 Å². The number of anilines is 2. The van der Waals surface area contributed by atoms with Gasteiger partial charge in [0.25, 0.3) is 5.92 Å². The summed E-state index contributed by atoms with van der Waals surface area (Å²) in [5.41, 5.74) is 2.80. The summed E-state index contributed by atoms with van der Waals surface area (Å²) in [6, 6.07) is 6.80. The van der Waals surface area contributed by atoms with Gasteiger partial charge in [-0.3, -0.25) is 9.36 Å².